The molecular formula is C14H10ClN3O. The maximum absolute atomic E-state index is 11.7. The summed E-state index contributed by atoms with van der Waals surface area (Å²) in [6, 6.07) is 9.09. The van der Waals surface area contributed by atoms with Gasteiger partial charge in [0, 0.05) is 29.2 Å². The fourth-order valence-electron chi connectivity index (χ4n) is 2.03. The number of aromatic nitrogens is 3. The SMILES string of the molecule is O=c1[nH]nc(Cc2cccnc2)c2ccc(Cl)cc12. The highest BCUT2D eigenvalue weighted by atomic mass is 35.5. The minimum Gasteiger partial charge on any atom is -0.267 e. The number of benzene rings is 1. The molecule has 0 spiro atoms. The molecule has 0 saturated heterocycles. The zero-order valence-corrected chi connectivity index (χ0v) is 10.7. The Labute approximate surface area is 114 Å². The number of hydrogen-bond acceptors (Lipinski definition) is 3. The summed E-state index contributed by atoms with van der Waals surface area (Å²) in [5.74, 6) is 0. The number of fused-ring (bicyclic) bond motifs is 1. The number of halogens is 1. The van der Waals surface area contributed by atoms with E-state index in [2.05, 4.69) is 15.2 Å². The van der Waals surface area contributed by atoms with Crippen LogP contribution >= 0.6 is 11.6 Å². The van der Waals surface area contributed by atoms with Crippen LogP contribution in [0.15, 0.2) is 47.5 Å². The first-order valence-electron chi connectivity index (χ1n) is 5.80. The maximum atomic E-state index is 11.7. The van der Waals surface area contributed by atoms with E-state index in [9.17, 15) is 4.79 Å². The standard InChI is InChI=1S/C14H10ClN3O/c15-10-3-4-11-12(7-10)14(19)18-17-13(11)6-9-2-1-5-16-8-9/h1-5,7-8H,6H2,(H,18,19). The fraction of sp³-hybridized carbons (Fsp3) is 0.0714. The number of nitrogens with zero attached hydrogens (tertiary/aromatic N) is 2. The van der Waals surface area contributed by atoms with E-state index in [1.54, 1.807) is 24.5 Å². The lowest BCUT2D eigenvalue weighted by atomic mass is 10.1. The molecule has 3 aromatic rings. The summed E-state index contributed by atoms with van der Waals surface area (Å²) < 4.78 is 0. The molecule has 94 valence electrons. The predicted octanol–water partition coefficient (Wildman–Crippen LogP) is 2.56. The Morgan fingerprint density at radius 3 is 2.89 bits per heavy atom. The molecule has 0 atom stereocenters. The average Bonchev–Trinajstić information content (AvgIpc) is 2.43. The second kappa shape index (κ2) is 4.82. The van der Waals surface area contributed by atoms with Gasteiger partial charge in [-0.3, -0.25) is 9.78 Å². The van der Waals surface area contributed by atoms with Crippen molar-refractivity contribution in [3.63, 3.8) is 0 Å². The van der Waals surface area contributed by atoms with E-state index in [1.807, 2.05) is 18.2 Å². The first-order valence-corrected chi connectivity index (χ1v) is 6.17. The average molecular weight is 272 g/mol. The van der Waals surface area contributed by atoms with Crippen LogP contribution in [0.25, 0.3) is 10.8 Å². The van der Waals surface area contributed by atoms with Gasteiger partial charge in [0.1, 0.15) is 0 Å². The minimum absolute atomic E-state index is 0.229. The molecule has 0 aliphatic rings. The number of pyridine rings is 1. The minimum atomic E-state index is -0.229. The van der Waals surface area contributed by atoms with Crippen molar-refractivity contribution in [2.45, 2.75) is 6.42 Å². The molecule has 0 bridgehead atoms. The highest BCUT2D eigenvalue weighted by Gasteiger charge is 2.07. The molecule has 0 fully saturated rings. The van der Waals surface area contributed by atoms with E-state index in [4.69, 9.17) is 11.6 Å². The molecule has 1 N–H and O–H groups in total. The van der Waals surface area contributed by atoms with Crippen molar-refractivity contribution >= 4 is 22.4 Å². The molecule has 0 radical (unpaired) electrons. The number of aromatic amines is 1. The smallest absolute Gasteiger partial charge is 0.267 e. The van der Waals surface area contributed by atoms with Crippen molar-refractivity contribution in [3.05, 3.63) is 69.4 Å². The lowest BCUT2D eigenvalue weighted by Crippen LogP contribution is -2.11. The van der Waals surface area contributed by atoms with Gasteiger partial charge in [-0.05, 0) is 23.8 Å². The molecule has 4 nitrogen and oxygen atoms in total. The second-order valence-electron chi connectivity index (χ2n) is 4.23. The molecule has 2 heterocycles. The van der Waals surface area contributed by atoms with E-state index < -0.39 is 0 Å². The van der Waals surface area contributed by atoms with Crippen LogP contribution in [0.5, 0.6) is 0 Å². The van der Waals surface area contributed by atoms with Crippen LogP contribution in [-0.2, 0) is 6.42 Å². The largest absolute Gasteiger partial charge is 0.272 e. The van der Waals surface area contributed by atoms with Crippen LogP contribution < -0.4 is 5.56 Å². The quantitative estimate of drug-likeness (QED) is 0.779. The first kappa shape index (κ1) is 11.9. The Balaban J connectivity index is 2.15. The third-order valence-electron chi connectivity index (χ3n) is 2.92. The van der Waals surface area contributed by atoms with Gasteiger partial charge in [0.25, 0.3) is 5.56 Å². The van der Waals surface area contributed by atoms with Crippen molar-refractivity contribution in [2.24, 2.45) is 0 Å². The molecule has 1 aromatic carbocycles. The normalized spacial score (nSPS) is 10.8. The summed E-state index contributed by atoms with van der Waals surface area (Å²) in [6.45, 7) is 0. The lowest BCUT2D eigenvalue weighted by molar-refractivity contribution is 0.931. The van der Waals surface area contributed by atoms with Gasteiger partial charge < -0.3 is 0 Å². The molecule has 0 aliphatic carbocycles. The van der Waals surface area contributed by atoms with E-state index in [-0.39, 0.29) is 5.56 Å². The zero-order chi connectivity index (χ0) is 13.2. The van der Waals surface area contributed by atoms with Gasteiger partial charge in [-0.25, -0.2) is 5.10 Å². The van der Waals surface area contributed by atoms with Crippen molar-refractivity contribution in [2.75, 3.05) is 0 Å². The summed E-state index contributed by atoms with van der Waals surface area (Å²) in [7, 11) is 0. The first-order chi connectivity index (χ1) is 9.24. The fourth-order valence-corrected chi connectivity index (χ4v) is 2.20. The number of rotatable bonds is 2. The van der Waals surface area contributed by atoms with Gasteiger partial charge in [-0.2, -0.15) is 5.10 Å². The van der Waals surface area contributed by atoms with Crippen LogP contribution in [0.2, 0.25) is 5.02 Å². The van der Waals surface area contributed by atoms with Crippen LogP contribution in [0.4, 0.5) is 0 Å². The third kappa shape index (κ3) is 2.35. The van der Waals surface area contributed by atoms with Crippen LogP contribution in [0.3, 0.4) is 0 Å². The number of hydrogen-bond donors (Lipinski definition) is 1. The Morgan fingerprint density at radius 2 is 2.11 bits per heavy atom. The second-order valence-corrected chi connectivity index (χ2v) is 4.66. The Morgan fingerprint density at radius 1 is 1.21 bits per heavy atom. The van der Waals surface area contributed by atoms with E-state index in [1.165, 1.54) is 0 Å². The Bertz CT molecular complexity index is 784. The van der Waals surface area contributed by atoms with E-state index in [0.717, 1.165) is 16.6 Å². The van der Waals surface area contributed by atoms with Gasteiger partial charge in [-0.1, -0.05) is 23.7 Å². The summed E-state index contributed by atoms with van der Waals surface area (Å²) in [5.41, 5.74) is 1.62. The summed E-state index contributed by atoms with van der Waals surface area (Å²) >= 11 is 5.92. The third-order valence-corrected chi connectivity index (χ3v) is 3.16. The zero-order valence-electron chi connectivity index (χ0n) is 9.93. The molecule has 5 heteroatoms. The summed E-state index contributed by atoms with van der Waals surface area (Å²) in [4.78, 5) is 15.8. The van der Waals surface area contributed by atoms with Gasteiger partial charge in [0.05, 0.1) is 11.1 Å². The van der Waals surface area contributed by atoms with E-state index >= 15 is 0 Å². The van der Waals surface area contributed by atoms with Crippen molar-refractivity contribution in [1.82, 2.24) is 15.2 Å². The van der Waals surface area contributed by atoms with Crippen molar-refractivity contribution in [3.8, 4) is 0 Å². The number of H-pyrrole nitrogens is 1. The molecule has 19 heavy (non-hydrogen) atoms. The van der Waals surface area contributed by atoms with Gasteiger partial charge in [0.15, 0.2) is 0 Å². The summed E-state index contributed by atoms with van der Waals surface area (Å²) in [6.07, 6.45) is 4.12. The molecule has 0 aliphatic heterocycles. The Hall–Kier alpha value is -2.20. The van der Waals surface area contributed by atoms with Gasteiger partial charge in [0.2, 0.25) is 0 Å². The van der Waals surface area contributed by atoms with Crippen LogP contribution in [0, 0.1) is 0 Å². The van der Waals surface area contributed by atoms with Crippen molar-refractivity contribution < 1.29 is 0 Å². The van der Waals surface area contributed by atoms with Gasteiger partial charge >= 0.3 is 0 Å². The van der Waals surface area contributed by atoms with Crippen LogP contribution in [0.1, 0.15) is 11.3 Å². The molecule has 3 rings (SSSR count). The predicted molar refractivity (Wildman–Crippen MR) is 74.4 cm³/mol. The number of nitrogens with one attached hydrogen (secondary N) is 1. The highest BCUT2D eigenvalue weighted by Crippen LogP contribution is 2.19. The van der Waals surface area contributed by atoms with Crippen LogP contribution in [-0.4, -0.2) is 15.2 Å². The van der Waals surface area contributed by atoms with Crippen molar-refractivity contribution in [1.29, 1.82) is 0 Å². The highest BCUT2D eigenvalue weighted by molar-refractivity contribution is 6.31. The molecule has 0 unspecified atom stereocenters. The summed E-state index contributed by atoms with van der Waals surface area (Å²) in [5, 5.41) is 8.54. The topological polar surface area (TPSA) is 58.6 Å². The lowest BCUT2D eigenvalue weighted by Gasteiger charge is -2.05. The monoisotopic (exact) mass is 271 g/mol. The van der Waals surface area contributed by atoms with Gasteiger partial charge in [-0.15, -0.1) is 0 Å². The van der Waals surface area contributed by atoms with E-state index in [0.29, 0.717) is 16.8 Å². The molecule has 2 aromatic heterocycles. The Kier molecular flexibility index (Phi) is 3.01. The maximum Gasteiger partial charge on any atom is 0.272 e. The molecule has 0 amide bonds. The molecular weight excluding hydrogens is 262 g/mol. The molecule has 0 saturated carbocycles.